The van der Waals surface area contributed by atoms with Crippen LogP contribution in [0.3, 0.4) is 0 Å². The zero-order valence-electron chi connectivity index (χ0n) is 40.4. The van der Waals surface area contributed by atoms with Gasteiger partial charge in [-0.15, -0.1) is 0 Å². The summed E-state index contributed by atoms with van der Waals surface area (Å²) in [5.74, 6) is -0.947. The second-order valence-corrected chi connectivity index (χ2v) is 18.0. The predicted octanol–water partition coefficient (Wildman–Crippen LogP) is 6.93. The normalized spacial score (nSPS) is 26.4. The summed E-state index contributed by atoms with van der Waals surface area (Å²) < 4.78 is 33.5. The molecule has 0 aromatic carbocycles. The first-order valence-corrected chi connectivity index (χ1v) is 25.6. The van der Waals surface area contributed by atoms with Gasteiger partial charge in [0.2, 0.25) is 0 Å². The van der Waals surface area contributed by atoms with Crippen molar-refractivity contribution in [2.45, 2.75) is 248 Å². The van der Waals surface area contributed by atoms with Crippen molar-refractivity contribution in [2.24, 2.45) is 0 Å². The molecule has 2 aliphatic rings. The van der Waals surface area contributed by atoms with E-state index in [2.05, 4.69) is 50.3 Å². The molecule has 0 aromatic heterocycles. The monoisotopic (exact) mass is 943 g/mol. The topological polar surface area (TPSA) is 231 Å². The first-order valence-electron chi connectivity index (χ1n) is 25.6. The zero-order chi connectivity index (χ0) is 48.2. The van der Waals surface area contributed by atoms with Gasteiger partial charge in [0.05, 0.1) is 19.8 Å². The van der Waals surface area contributed by atoms with Crippen LogP contribution in [0.1, 0.15) is 181 Å². The van der Waals surface area contributed by atoms with E-state index in [9.17, 15) is 45.3 Å². The molecule has 2 fully saturated rings. The molecule has 2 heterocycles. The molecule has 0 radical (unpaired) electrons. The van der Waals surface area contributed by atoms with Crippen LogP contribution in [-0.2, 0) is 38.0 Å². The Bertz CT molecular complexity index is 1290. The highest BCUT2D eigenvalue weighted by atomic mass is 16.7. The van der Waals surface area contributed by atoms with E-state index in [1.807, 2.05) is 0 Å². The minimum atomic E-state index is -1.77. The lowest BCUT2D eigenvalue weighted by atomic mass is 9.98. The number of unbranched alkanes of at least 4 members (excludes halogenated alkanes) is 19. The highest BCUT2D eigenvalue weighted by Gasteiger charge is 2.47. The molecule has 15 nitrogen and oxygen atoms in total. The molecule has 11 atom stereocenters. The van der Waals surface area contributed by atoms with E-state index in [0.717, 1.165) is 64.2 Å². The number of esters is 2. The van der Waals surface area contributed by atoms with Gasteiger partial charge in [0, 0.05) is 12.8 Å². The van der Waals surface area contributed by atoms with Crippen molar-refractivity contribution in [3.05, 3.63) is 36.5 Å². The Morgan fingerprint density at radius 1 is 0.485 bits per heavy atom. The molecule has 2 saturated heterocycles. The minimum absolute atomic E-state index is 0.141. The van der Waals surface area contributed by atoms with Gasteiger partial charge in [-0.1, -0.05) is 153 Å². The molecule has 2 aliphatic heterocycles. The first kappa shape index (κ1) is 59.8. The number of carbonyl (C=O) groups is 2. The summed E-state index contributed by atoms with van der Waals surface area (Å²) in [5.41, 5.74) is 0. The quantitative estimate of drug-likeness (QED) is 0.0188. The fourth-order valence-electron chi connectivity index (χ4n) is 7.87. The van der Waals surface area contributed by atoms with Gasteiger partial charge < -0.3 is 64.2 Å². The van der Waals surface area contributed by atoms with Crippen LogP contribution in [0.4, 0.5) is 0 Å². The van der Waals surface area contributed by atoms with Crippen LogP contribution in [0.5, 0.6) is 0 Å². The van der Waals surface area contributed by atoms with Crippen molar-refractivity contribution < 1.29 is 73.8 Å². The lowest BCUT2D eigenvalue weighted by Crippen LogP contribution is -2.61. The second-order valence-electron chi connectivity index (χ2n) is 18.0. The summed E-state index contributed by atoms with van der Waals surface area (Å²) in [6.07, 6.45) is 23.1. The zero-order valence-corrected chi connectivity index (χ0v) is 40.4. The van der Waals surface area contributed by atoms with Crippen LogP contribution < -0.4 is 0 Å². The van der Waals surface area contributed by atoms with Crippen molar-refractivity contribution in [1.82, 2.24) is 0 Å². The van der Waals surface area contributed by atoms with E-state index in [4.69, 9.17) is 28.4 Å². The van der Waals surface area contributed by atoms with Gasteiger partial charge in [-0.05, 0) is 51.4 Å². The molecule has 7 N–H and O–H groups in total. The molecule has 66 heavy (non-hydrogen) atoms. The highest BCUT2D eigenvalue weighted by Crippen LogP contribution is 2.26. The Balaban J connectivity index is 1.83. The maximum absolute atomic E-state index is 13.0. The van der Waals surface area contributed by atoms with E-state index >= 15 is 0 Å². The molecule has 0 saturated carbocycles. The Labute approximate surface area is 395 Å². The van der Waals surface area contributed by atoms with Crippen LogP contribution in [0.25, 0.3) is 0 Å². The van der Waals surface area contributed by atoms with Gasteiger partial charge >= 0.3 is 11.9 Å². The van der Waals surface area contributed by atoms with E-state index < -0.39 is 92.7 Å². The van der Waals surface area contributed by atoms with Gasteiger partial charge in [0.25, 0.3) is 0 Å². The number of carbonyl (C=O) groups excluding carboxylic acids is 2. The maximum atomic E-state index is 13.0. The molecule has 384 valence electrons. The van der Waals surface area contributed by atoms with Crippen LogP contribution in [-0.4, -0.2) is 142 Å². The molecule has 2 rings (SSSR count). The number of aliphatic hydroxyl groups is 7. The largest absolute Gasteiger partial charge is 0.462 e. The van der Waals surface area contributed by atoms with E-state index in [1.165, 1.54) is 77.0 Å². The Morgan fingerprint density at radius 2 is 0.909 bits per heavy atom. The third-order valence-corrected chi connectivity index (χ3v) is 12.1. The Morgan fingerprint density at radius 3 is 1.45 bits per heavy atom. The summed E-state index contributed by atoms with van der Waals surface area (Å²) in [5, 5.41) is 72.0. The van der Waals surface area contributed by atoms with Crippen molar-refractivity contribution in [2.75, 3.05) is 26.4 Å². The SMILES string of the molecule is CCCCC/C=C/C/C=C/C/C=C/CCCCCCC(=O)O[C@H](COC(=O)CCCCCCCCCCCCCCC)CO[C@H]1O[C@@H](CO[C@H]2O[C@@H](CO)[C@@H](O)C(O)C2O)[C@@H](O)C(O)C1O. The van der Waals surface area contributed by atoms with Gasteiger partial charge in [-0.25, -0.2) is 0 Å². The molecule has 0 aromatic rings. The van der Waals surface area contributed by atoms with Gasteiger partial charge in [0.1, 0.15) is 55.4 Å². The fraction of sp³-hybridized carbons (Fsp3) is 0.843. The van der Waals surface area contributed by atoms with Crippen LogP contribution in [0, 0.1) is 0 Å². The molecule has 0 spiro atoms. The third kappa shape index (κ3) is 26.5. The summed E-state index contributed by atoms with van der Waals surface area (Å²) in [4.78, 5) is 25.7. The average Bonchev–Trinajstić information content (AvgIpc) is 3.31. The fourth-order valence-corrected chi connectivity index (χ4v) is 7.87. The molecular formula is C51H90O15. The van der Waals surface area contributed by atoms with Crippen LogP contribution in [0.2, 0.25) is 0 Å². The highest BCUT2D eigenvalue weighted by molar-refractivity contribution is 5.70. The molecule has 0 amide bonds. The molecule has 4 unspecified atom stereocenters. The first-order chi connectivity index (χ1) is 32.0. The number of aliphatic hydroxyl groups excluding tert-OH is 7. The number of ether oxygens (including phenoxy) is 6. The van der Waals surface area contributed by atoms with E-state index in [0.29, 0.717) is 12.8 Å². The number of hydrogen-bond acceptors (Lipinski definition) is 15. The summed E-state index contributed by atoms with van der Waals surface area (Å²) in [6.45, 7) is 2.54. The average molecular weight is 943 g/mol. The minimum Gasteiger partial charge on any atom is -0.462 e. The molecular weight excluding hydrogens is 853 g/mol. The summed E-state index contributed by atoms with van der Waals surface area (Å²) >= 11 is 0. The van der Waals surface area contributed by atoms with Gasteiger partial charge in [0.15, 0.2) is 18.7 Å². The molecule has 15 heteroatoms. The predicted molar refractivity (Wildman–Crippen MR) is 252 cm³/mol. The van der Waals surface area contributed by atoms with E-state index in [1.54, 1.807) is 0 Å². The lowest BCUT2D eigenvalue weighted by Gasteiger charge is -2.42. The Hall–Kier alpha value is -2.28. The second kappa shape index (κ2) is 38.6. The number of rotatable bonds is 39. The summed E-state index contributed by atoms with van der Waals surface area (Å²) in [6, 6.07) is 0. The van der Waals surface area contributed by atoms with Gasteiger partial charge in [-0.2, -0.15) is 0 Å². The van der Waals surface area contributed by atoms with Crippen LogP contribution >= 0.6 is 0 Å². The van der Waals surface area contributed by atoms with Gasteiger partial charge in [-0.3, -0.25) is 9.59 Å². The van der Waals surface area contributed by atoms with Crippen LogP contribution in [0.15, 0.2) is 36.5 Å². The number of allylic oxidation sites excluding steroid dienone is 6. The van der Waals surface area contributed by atoms with Crippen molar-refractivity contribution in [3.63, 3.8) is 0 Å². The third-order valence-electron chi connectivity index (χ3n) is 12.1. The standard InChI is InChI=1S/C51H90O15/c1-3-5-7-9-11-13-15-17-18-19-20-22-24-26-28-30-32-34-43(54)64-39(36-61-42(53)33-31-29-27-25-23-21-16-14-12-10-8-6-4-2)37-62-50-49(60)47(58)45(56)41(66-50)38-63-51-48(59)46(57)44(55)40(35-52)65-51/h11,13,17-18,20,22,39-41,44-52,55-60H,3-10,12,14-16,19,21,23-38H2,1-2H3/b13-11+,18-17+,22-20+/t39-,40+,41+,44-,45-,46?,47?,48?,49?,50+,51+/m1/s1. The summed E-state index contributed by atoms with van der Waals surface area (Å²) in [7, 11) is 0. The Kier molecular flexibility index (Phi) is 35.0. The number of hydrogen-bond donors (Lipinski definition) is 7. The maximum Gasteiger partial charge on any atom is 0.306 e. The lowest BCUT2D eigenvalue weighted by molar-refractivity contribution is -0.332. The molecule has 0 aliphatic carbocycles. The van der Waals surface area contributed by atoms with Crippen molar-refractivity contribution in [1.29, 1.82) is 0 Å². The van der Waals surface area contributed by atoms with E-state index in [-0.39, 0.29) is 26.1 Å². The molecule has 0 bridgehead atoms. The smallest absolute Gasteiger partial charge is 0.306 e. The van der Waals surface area contributed by atoms with Crippen molar-refractivity contribution in [3.8, 4) is 0 Å². The van der Waals surface area contributed by atoms with Crippen molar-refractivity contribution >= 4 is 11.9 Å².